The van der Waals surface area contributed by atoms with E-state index in [0.717, 1.165) is 21.2 Å². The van der Waals surface area contributed by atoms with Gasteiger partial charge in [0.05, 0.1) is 6.10 Å². The lowest BCUT2D eigenvalue weighted by Crippen LogP contribution is -2.21. The molecule has 0 spiro atoms. The molecule has 0 fully saturated rings. The lowest BCUT2D eigenvalue weighted by Gasteiger charge is -2.24. The fourth-order valence-corrected chi connectivity index (χ4v) is 2.73. The van der Waals surface area contributed by atoms with E-state index in [9.17, 15) is 5.11 Å². The first-order valence-corrected chi connectivity index (χ1v) is 7.53. The van der Waals surface area contributed by atoms with Gasteiger partial charge in [0.2, 0.25) is 0 Å². The summed E-state index contributed by atoms with van der Waals surface area (Å²) in [4.78, 5) is 0. The Hall–Kier alpha value is -1.16. The molecular formula is C17H20BrNO. The number of aliphatic hydroxyl groups is 1. The highest BCUT2D eigenvalue weighted by Crippen LogP contribution is 2.33. The second kappa shape index (κ2) is 6.53. The van der Waals surface area contributed by atoms with Gasteiger partial charge in [-0.2, -0.15) is 0 Å². The minimum absolute atomic E-state index is 0.0939. The van der Waals surface area contributed by atoms with Gasteiger partial charge in [-0.15, -0.1) is 0 Å². The highest BCUT2D eigenvalue weighted by atomic mass is 79.9. The Morgan fingerprint density at radius 1 is 1.10 bits per heavy atom. The van der Waals surface area contributed by atoms with Gasteiger partial charge < -0.3 is 10.8 Å². The summed E-state index contributed by atoms with van der Waals surface area (Å²) in [6, 6.07) is 14.0. The molecule has 0 aromatic heterocycles. The van der Waals surface area contributed by atoms with E-state index in [1.807, 2.05) is 43.3 Å². The van der Waals surface area contributed by atoms with Crippen molar-refractivity contribution < 1.29 is 5.11 Å². The zero-order valence-corrected chi connectivity index (χ0v) is 13.4. The van der Waals surface area contributed by atoms with Crippen LogP contribution in [0.5, 0.6) is 0 Å². The average Bonchev–Trinajstić information content (AvgIpc) is 2.44. The third-order valence-corrected chi connectivity index (χ3v) is 4.43. The normalized spacial score (nSPS) is 14.1. The van der Waals surface area contributed by atoms with E-state index in [0.29, 0.717) is 6.54 Å². The molecule has 0 aliphatic rings. The number of hydrogen-bond acceptors (Lipinski definition) is 2. The minimum atomic E-state index is -0.582. The standard InChI is InChI=1S/C17H20BrNO/c1-11-4-3-5-15(12(11)2)17(20)16(10-19)13-6-8-14(18)9-7-13/h3-9,16-17,20H,10,19H2,1-2H3. The molecule has 106 valence electrons. The molecule has 0 aliphatic carbocycles. The molecule has 2 nitrogen and oxygen atoms in total. The quantitative estimate of drug-likeness (QED) is 0.892. The van der Waals surface area contributed by atoms with Crippen LogP contribution >= 0.6 is 15.9 Å². The van der Waals surface area contributed by atoms with Crippen LogP contribution in [0.4, 0.5) is 0 Å². The first-order valence-electron chi connectivity index (χ1n) is 6.74. The highest BCUT2D eigenvalue weighted by molar-refractivity contribution is 9.10. The third kappa shape index (κ3) is 3.11. The maximum Gasteiger partial charge on any atom is 0.0873 e. The van der Waals surface area contributed by atoms with Crippen LogP contribution in [0.1, 0.15) is 34.3 Å². The summed E-state index contributed by atoms with van der Waals surface area (Å²) in [6.45, 7) is 4.52. The monoisotopic (exact) mass is 333 g/mol. The molecule has 2 unspecified atom stereocenters. The van der Waals surface area contributed by atoms with Crippen molar-refractivity contribution in [3.63, 3.8) is 0 Å². The van der Waals surface area contributed by atoms with Crippen molar-refractivity contribution >= 4 is 15.9 Å². The Morgan fingerprint density at radius 3 is 2.35 bits per heavy atom. The van der Waals surface area contributed by atoms with Crippen molar-refractivity contribution in [2.75, 3.05) is 6.54 Å². The molecule has 0 bridgehead atoms. The molecule has 3 N–H and O–H groups in total. The first kappa shape index (κ1) is 15.2. The van der Waals surface area contributed by atoms with Gasteiger partial charge in [-0.05, 0) is 48.2 Å². The second-order valence-electron chi connectivity index (χ2n) is 5.13. The fourth-order valence-electron chi connectivity index (χ4n) is 2.47. The van der Waals surface area contributed by atoms with E-state index in [1.165, 1.54) is 5.56 Å². The van der Waals surface area contributed by atoms with E-state index in [4.69, 9.17) is 5.73 Å². The number of aryl methyl sites for hydroxylation is 1. The second-order valence-corrected chi connectivity index (χ2v) is 6.04. The minimum Gasteiger partial charge on any atom is -0.388 e. The van der Waals surface area contributed by atoms with Gasteiger partial charge in [0.1, 0.15) is 0 Å². The predicted octanol–water partition coefficient (Wildman–Crippen LogP) is 3.84. The van der Waals surface area contributed by atoms with Gasteiger partial charge in [0.15, 0.2) is 0 Å². The van der Waals surface area contributed by atoms with Crippen molar-refractivity contribution in [3.8, 4) is 0 Å². The molecule has 0 heterocycles. The average molecular weight is 334 g/mol. The van der Waals surface area contributed by atoms with Crippen LogP contribution in [-0.4, -0.2) is 11.7 Å². The molecular weight excluding hydrogens is 314 g/mol. The van der Waals surface area contributed by atoms with E-state index in [1.54, 1.807) is 0 Å². The maximum atomic E-state index is 10.7. The summed E-state index contributed by atoms with van der Waals surface area (Å²) in [5.41, 5.74) is 10.2. The first-order chi connectivity index (χ1) is 9.54. The van der Waals surface area contributed by atoms with Crippen molar-refractivity contribution in [1.82, 2.24) is 0 Å². The number of benzene rings is 2. The molecule has 0 amide bonds. The van der Waals surface area contributed by atoms with Crippen molar-refractivity contribution in [2.45, 2.75) is 25.9 Å². The Bertz CT molecular complexity index is 580. The summed E-state index contributed by atoms with van der Waals surface area (Å²) in [5.74, 6) is -0.0939. The van der Waals surface area contributed by atoms with Gasteiger partial charge in [-0.3, -0.25) is 0 Å². The lowest BCUT2D eigenvalue weighted by atomic mass is 9.86. The maximum absolute atomic E-state index is 10.7. The largest absolute Gasteiger partial charge is 0.388 e. The van der Waals surface area contributed by atoms with Crippen LogP contribution in [-0.2, 0) is 0 Å². The van der Waals surface area contributed by atoms with Crippen LogP contribution < -0.4 is 5.73 Å². The van der Waals surface area contributed by atoms with Crippen LogP contribution in [0.3, 0.4) is 0 Å². The molecule has 0 saturated heterocycles. The lowest BCUT2D eigenvalue weighted by molar-refractivity contribution is 0.146. The van der Waals surface area contributed by atoms with Gasteiger partial charge >= 0.3 is 0 Å². The molecule has 20 heavy (non-hydrogen) atoms. The van der Waals surface area contributed by atoms with Crippen molar-refractivity contribution in [2.24, 2.45) is 5.73 Å². The van der Waals surface area contributed by atoms with Gasteiger partial charge in [0, 0.05) is 16.9 Å². The van der Waals surface area contributed by atoms with E-state index < -0.39 is 6.10 Å². The summed E-state index contributed by atoms with van der Waals surface area (Å²) >= 11 is 3.43. The number of nitrogens with two attached hydrogens (primary N) is 1. The zero-order valence-electron chi connectivity index (χ0n) is 11.8. The van der Waals surface area contributed by atoms with Crippen LogP contribution in [0.25, 0.3) is 0 Å². The van der Waals surface area contributed by atoms with Crippen LogP contribution in [0, 0.1) is 13.8 Å². The molecule has 2 aromatic carbocycles. The topological polar surface area (TPSA) is 46.2 Å². The van der Waals surface area contributed by atoms with Gasteiger partial charge in [-0.25, -0.2) is 0 Å². The SMILES string of the molecule is Cc1cccc(C(O)C(CN)c2ccc(Br)cc2)c1C. The Kier molecular flexibility index (Phi) is 4.97. The Labute approximate surface area is 128 Å². The number of hydrogen-bond donors (Lipinski definition) is 2. The molecule has 0 saturated carbocycles. The van der Waals surface area contributed by atoms with Gasteiger partial charge in [-0.1, -0.05) is 46.3 Å². The van der Waals surface area contributed by atoms with Crippen LogP contribution in [0.15, 0.2) is 46.9 Å². The van der Waals surface area contributed by atoms with E-state index in [2.05, 4.69) is 28.9 Å². The highest BCUT2D eigenvalue weighted by Gasteiger charge is 2.23. The number of rotatable bonds is 4. The molecule has 2 aromatic rings. The van der Waals surface area contributed by atoms with Crippen LogP contribution in [0.2, 0.25) is 0 Å². The Balaban J connectivity index is 2.36. The summed E-state index contributed by atoms with van der Waals surface area (Å²) in [6.07, 6.45) is -0.582. The zero-order chi connectivity index (χ0) is 14.7. The molecule has 3 heteroatoms. The number of aliphatic hydroxyl groups excluding tert-OH is 1. The van der Waals surface area contributed by atoms with E-state index in [-0.39, 0.29) is 5.92 Å². The van der Waals surface area contributed by atoms with Crippen molar-refractivity contribution in [3.05, 3.63) is 69.2 Å². The van der Waals surface area contributed by atoms with Crippen molar-refractivity contribution in [1.29, 1.82) is 0 Å². The Morgan fingerprint density at radius 2 is 1.75 bits per heavy atom. The predicted molar refractivity (Wildman–Crippen MR) is 86.8 cm³/mol. The molecule has 2 rings (SSSR count). The number of halogens is 1. The molecule has 0 radical (unpaired) electrons. The fraction of sp³-hybridized carbons (Fsp3) is 0.294. The van der Waals surface area contributed by atoms with Gasteiger partial charge in [0.25, 0.3) is 0 Å². The summed E-state index contributed by atoms with van der Waals surface area (Å²) in [7, 11) is 0. The summed E-state index contributed by atoms with van der Waals surface area (Å²) < 4.78 is 1.03. The summed E-state index contributed by atoms with van der Waals surface area (Å²) in [5, 5.41) is 10.7. The molecule has 2 atom stereocenters. The van der Waals surface area contributed by atoms with E-state index >= 15 is 0 Å². The smallest absolute Gasteiger partial charge is 0.0873 e. The molecule has 0 aliphatic heterocycles. The third-order valence-electron chi connectivity index (χ3n) is 3.90.